The van der Waals surface area contributed by atoms with E-state index in [2.05, 4.69) is 5.32 Å². The van der Waals surface area contributed by atoms with Crippen LogP contribution in [0, 0.1) is 11.3 Å². The van der Waals surface area contributed by atoms with Crippen LogP contribution in [0.15, 0.2) is 30.5 Å². The van der Waals surface area contributed by atoms with Gasteiger partial charge in [-0.3, -0.25) is 4.79 Å². The van der Waals surface area contributed by atoms with E-state index in [1.807, 2.05) is 13.0 Å². The van der Waals surface area contributed by atoms with Crippen molar-refractivity contribution in [2.24, 2.45) is 0 Å². The third-order valence-corrected chi connectivity index (χ3v) is 3.10. The molecule has 1 amide bonds. The number of nitrogens with two attached hydrogens (primary N) is 1. The molecule has 0 aliphatic carbocycles. The SMILES string of the molecule is CCn1cc(N)cc1C(=O)Nc1c(C#N)cccc1OC. The van der Waals surface area contributed by atoms with Gasteiger partial charge in [-0.05, 0) is 25.1 Å². The molecule has 21 heavy (non-hydrogen) atoms. The van der Waals surface area contributed by atoms with Crippen molar-refractivity contribution < 1.29 is 9.53 Å². The Kier molecular flexibility index (Phi) is 4.14. The number of hydrogen-bond donors (Lipinski definition) is 2. The minimum atomic E-state index is -0.338. The van der Waals surface area contributed by atoms with E-state index in [0.717, 1.165) is 0 Å². The number of nitriles is 1. The Balaban J connectivity index is 2.38. The molecule has 0 aliphatic rings. The van der Waals surface area contributed by atoms with E-state index in [1.54, 1.807) is 35.0 Å². The van der Waals surface area contributed by atoms with Gasteiger partial charge >= 0.3 is 0 Å². The smallest absolute Gasteiger partial charge is 0.272 e. The van der Waals surface area contributed by atoms with E-state index < -0.39 is 0 Å². The number of aryl methyl sites for hydroxylation is 1. The molecule has 1 heterocycles. The second-order valence-corrected chi connectivity index (χ2v) is 4.39. The number of nitrogen functional groups attached to an aromatic ring is 1. The highest BCUT2D eigenvalue weighted by molar-refractivity contribution is 6.05. The Labute approximate surface area is 122 Å². The second kappa shape index (κ2) is 6.01. The van der Waals surface area contributed by atoms with Crippen LogP contribution in [0.25, 0.3) is 0 Å². The molecule has 2 rings (SSSR count). The van der Waals surface area contributed by atoms with Crippen molar-refractivity contribution in [1.29, 1.82) is 5.26 Å². The fourth-order valence-corrected chi connectivity index (χ4v) is 2.09. The second-order valence-electron chi connectivity index (χ2n) is 4.39. The Morgan fingerprint density at radius 2 is 2.29 bits per heavy atom. The van der Waals surface area contributed by atoms with E-state index in [1.165, 1.54) is 7.11 Å². The van der Waals surface area contributed by atoms with E-state index in [0.29, 0.717) is 34.9 Å². The summed E-state index contributed by atoms with van der Waals surface area (Å²) in [5, 5.41) is 11.9. The number of para-hydroxylation sites is 1. The Morgan fingerprint density at radius 1 is 1.52 bits per heavy atom. The number of carbonyl (C=O) groups excluding carboxylic acids is 1. The zero-order chi connectivity index (χ0) is 15.4. The maximum absolute atomic E-state index is 12.4. The molecule has 0 unspecified atom stereocenters. The summed E-state index contributed by atoms with van der Waals surface area (Å²) in [4.78, 5) is 12.4. The minimum absolute atomic E-state index is 0.338. The van der Waals surface area contributed by atoms with Crippen LogP contribution in [0.2, 0.25) is 0 Å². The fraction of sp³-hybridized carbons (Fsp3) is 0.200. The molecule has 108 valence electrons. The van der Waals surface area contributed by atoms with Crippen LogP contribution < -0.4 is 15.8 Å². The molecule has 6 heteroatoms. The highest BCUT2D eigenvalue weighted by Gasteiger charge is 2.16. The van der Waals surface area contributed by atoms with Crippen molar-refractivity contribution in [2.75, 3.05) is 18.2 Å². The monoisotopic (exact) mass is 284 g/mol. The van der Waals surface area contributed by atoms with Gasteiger partial charge in [0.1, 0.15) is 23.2 Å². The van der Waals surface area contributed by atoms with E-state index in [4.69, 9.17) is 15.7 Å². The average molecular weight is 284 g/mol. The standard InChI is InChI=1S/C15H16N4O2/c1-3-19-9-11(17)7-12(19)15(20)18-14-10(8-16)5-4-6-13(14)21-2/h4-7,9H,3,17H2,1-2H3,(H,18,20). The molecule has 0 fully saturated rings. The lowest BCUT2D eigenvalue weighted by Gasteiger charge is -2.12. The summed E-state index contributed by atoms with van der Waals surface area (Å²) >= 11 is 0. The van der Waals surface area contributed by atoms with Gasteiger partial charge < -0.3 is 20.4 Å². The third kappa shape index (κ3) is 2.82. The number of nitrogens with zero attached hydrogens (tertiary/aromatic N) is 2. The van der Waals surface area contributed by atoms with Crippen molar-refractivity contribution in [3.8, 4) is 11.8 Å². The molecule has 6 nitrogen and oxygen atoms in total. The number of rotatable bonds is 4. The van der Waals surface area contributed by atoms with Crippen LogP contribution in [-0.4, -0.2) is 17.6 Å². The van der Waals surface area contributed by atoms with Gasteiger partial charge in [0, 0.05) is 12.7 Å². The Hall–Kier alpha value is -2.94. The number of hydrogen-bond acceptors (Lipinski definition) is 4. The first-order chi connectivity index (χ1) is 10.1. The highest BCUT2D eigenvalue weighted by atomic mass is 16.5. The highest BCUT2D eigenvalue weighted by Crippen LogP contribution is 2.28. The molecule has 2 aromatic rings. The molecule has 1 aromatic heterocycles. The van der Waals surface area contributed by atoms with Crippen molar-refractivity contribution in [1.82, 2.24) is 4.57 Å². The fourth-order valence-electron chi connectivity index (χ4n) is 2.09. The topological polar surface area (TPSA) is 93.1 Å². The van der Waals surface area contributed by atoms with Gasteiger partial charge in [-0.1, -0.05) is 6.07 Å². The largest absolute Gasteiger partial charge is 0.495 e. The number of benzene rings is 1. The first-order valence-corrected chi connectivity index (χ1v) is 6.44. The number of anilines is 2. The molecule has 1 aromatic carbocycles. The summed E-state index contributed by atoms with van der Waals surface area (Å²) in [6.45, 7) is 2.54. The summed E-state index contributed by atoms with van der Waals surface area (Å²) in [6, 6.07) is 8.63. The predicted octanol–water partition coefficient (Wildman–Crippen LogP) is 2.22. The quantitative estimate of drug-likeness (QED) is 0.900. The van der Waals surface area contributed by atoms with Gasteiger partial charge in [0.25, 0.3) is 5.91 Å². The minimum Gasteiger partial charge on any atom is -0.495 e. The van der Waals surface area contributed by atoms with E-state index in [9.17, 15) is 4.79 Å². The summed E-state index contributed by atoms with van der Waals surface area (Å²) < 4.78 is 6.93. The van der Waals surface area contributed by atoms with Crippen LogP contribution in [0.3, 0.4) is 0 Å². The van der Waals surface area contributed by atoms with Crippen molar-refractivity contribution in [2.45, 2.75) is 13.5 Å². The lowest BCUT2D eigenvalue weighted by atomic mass is 10.1. The van der Waals surface area contributed by atoms with E-state index in [-0.39, 0.29) is 5.91 Å². The lowest BCUT2D eigenvalue weighted by molar-refractivity contribution is 0.101. The summed E-state index contributed by atoms with van der Waals surface area (Å²) in [5.74, 6) is 0.0968. The van der Waals surface area contributed by atoms with Crippen LogP contribution in [0.5, 0.6) is 5.75 Å². The molecule has 3 N–H and O–H groups in total. The molecule has 0 atom stereocenters. The molecule has 0 radical (unpaired) electrons. The summed E-state index contributed by atoms with van der Waals surface area (Å²) in [6.07, 6.45) is 1.70. The van der Waals surface area contributed by atoms with Crippen molar-refractivity contribution in [3.05, 3.63) is 41.7 Å². The molecule has 0 saturated carbocycles. The number of nitrogens with one attached hydrogen (secondary N) is 1. The van der Waals surface area contributed by atoms with Crippen LogP contribution >= 0.6 is 0 Å². The number of amides is 1. The number of aromatic nitrogens is 1. The normalized spacial score (nSPS) is 9.95. The number of methoxy groups -OCH3 is 1. The Morgan fingerprint density at radius 3 is 2.90 bits per heavy atom. The van der Waals surface area contributed by atoms with Crippen molar-refractivity contribution >= 4 is 17.3 Å². The molecular weight excluding hydrogens is 268 g/mol. The van der Waals surface area contributed by atoms with Crippen LogP contribution in [0.1, 0.15) is 23.0 Å². The van der Waals surface area contributed by atoms with Gasteiger partial charge in [0.15, 0.2) is 0 Å². The maximum atomic E-state index is 12.4. The van der Waals surface area contributed by atoms with Gasteiger partial charge in [-0.25, -0.2) is 0 Å². The molecule has 0 spiro atoms. The van der Waals surface area contributed by atoms with Gasteiger partial charge in [-0.2, -0.15) is 5.26 Å². The predicted molar refractivity (Wildman–Crippen MR) is 80.2 cm³/mol. The number of ether oxygens (including phenoxy) is 1. The van der Waals surface area contributed by atoms with Crippen molar-refractivity contribution in [3.63, 3.8) is 0 Å². The third-order valence-electron chi connectivity index (χ3n) is 3.10. The van der Waals surface area contributed by atoms with E-state index >= 15 is 0 Å². The molecule has 0 saturated heterocycles. The molecular formula is C15H16N4O2. The van der Waals surface area contributed by atoms with Crippen LogP contribution in [-0.2, 0) is 6.54 Å². The zero-order valence-electron chi connectivity index (χ0n) is 11.9. The first kappa shape index (κ1) is 14.5. The van der Waals surface area contributed by atoms with Gasteiger partial charge in [0.2, 0.25) is 0 Å². The first-order valence-electron chi connectivity index (χ1n) is 6.44. The maximum Gasteiger partial charge on any atom is 0.272 e. The van der Waals surface area contributed by atoms with Gasteiger partial charge in [-0.15, -0.1) is 0 Å². The summed E-state index contributed by atoms with van der Waals surface area (Å²) in [7, 11) is 1.48. The average Bonchev–Trinajstić information content (AvgIpc) is 2.88. The zero-order valence-corrected chi connectivity index (χ0v) is 11.9. The molecule has 0 bridgehead atoms. The number of carbonyl (C=O) groups is 1. The lowest BCUT2D eigenvalue weighted by Crippen LogP contribution is -2.17. The summed E-state index contributed by atoms with van der Waals surface area (Å²) in [5.41, 5.74) is 7.37. The van der Waals surface area contributed by atoms with Crippen LogP contribution in [0.4, 0.5) is 11.4 Å². The van der Waals surface area contributed by atoms with Gasteiger partial charge in [0.05, 0.1) is 18.4 Å². The molecule has 0 aliphatic heterocycles. The Bertz CT molecular complexity index is 713.